The Labute approximate surface area is 153 Å². The van der Waals surface area contributed by atoms with Gasteiger partial charge in [-0.15, -0.1) is 11.3 Å². The monoisotopic (exact) mass is 349 g/mol. The van der Waals surface area contributed by atoms with Gasteiger partial charge in [0.1, 0.15) is 12.4 Å². The van der Waals surface area contributed by atoms with Crippen LogP contribution < -0.4 is 10.1 Å². The highest BCUT2D eigenvalue weighted by atomic mass is 32.1. The van der Waals surface area contributed by atoms with E-state index in [9.17, 15) is 0 Å². The van der Waals surface area contributed by atoms with Crippen molar-refractivity contribution in [2.24, 2.45) is 0 Å². The van der Waals surface area contributed by atoms with Gasteiger partial charge in [-0.1, -0.05) is 42.5 Å². The molecule has 3 aromatic rings. The Hall–Kier alpha value is -2.10. The lowest BCUT2D eigenvalue weighted by molar-refractivity contribution is 0.277. The smallest absolute Gasteiger partial charge is 0.119 e. The number of ether oxygens (including phenoxy) is 1. The highest BCUT2D eigenvalue weighted by molar-refractivity contribution is 7.13. The van der Waals surface area contributed by atoms with Gasteiger partial charge in [-0.3, -0.25) is 0 Å². The fraction of sp³-hybridized carbons (Fsp3) is 0.273. The first kappa shape index (κ1) is 16.4. The summed E-state index contributed by atoms with van der Waals surface area (Å²) in [5, 5.41) is 5.58. The summed E-state index contributed by atoms with van der Waals surface area (Å²) in [7, 11) is 0. The van der Waals surface area contributed by atoms with E-state index in [2.05, 4.69) is 71.4 Å². The Bertz CT molecular complexity index is 772. The van der Waals surface area contributed by atoms with Crippen molar-refractivity contribution in [1.29, 1.82) is 0 Å². The lowest BCUT2D eigenvalue weighted by Crippen LogP contribution is -2.28. The van der Waals surface area contributed by atoms with Crippen LogP contribution in [0.25, 0.3) is 10.4 Å². The first-order valence-electron chi connectivity index (χ1n) is 8.95. The highest BCUT2D eigenvalue weighted by Gasteiger charge is 2.14. The van der Waals surface area contributed by atoms with Crippen LogP contribution in [0.1, 0.15) is 24.0 Å². The quantitative estimate of drug-likeness (QED) is 0.665. The zero-order valence-corrected chi connectivity index (χ0v) is 15.1. The van der Waals surface area contributed by atoms with Gasteiger partial charge in [0.15, 0.2) is 0 Å². The molecule has 1 fully saturated rings. The number of nitrogens with one attached hydrogen (secondary N) is 1. The Morgan fingerprint density at radius 1 is 0.960 bits per heavy atom. The average Bonchev–Trinajstić information content (AvgIpc) is 3.36. The molecule has 1 aromatic heterocycles. The van der Waals surface area contributed by atoms with Gasteiger partial charge >= 0.3 is 0 Å². The van der Waals surface area contributed by atoms with E-state index in [4.69, 9.17) is 4.74 Å². The number of benzene rings is 2. The summed E-state index contributed by atoms with van der Waals surface area (Å²) >= 11 is 1.78. The molecular weight excluding hydrogens is 326 g/mol. The predicted octanol–water partition coefficient (Wildman–Crippen LogP) is 5.14. The van der Waals surface area contributed by atoms with Gasteiger partial charge in [-0.05, 0) is 66.1 Å². The van der Waals surface area contributed by atoms with E-state index in [1.807, 2.05) is 0 Å². The molecule has 0 aliphatic carbocycles. The van der Waals surface area contributed by atoms with E-state index in [0.29, 0.717) is 6.04 Å². The maximum Gasteiger partial charge on any atom is 0.119 e. The van der Waals surface area contributed by atoms with E-state index in [1.54, 1.807) is 11.3 Å². The Kier molecular flexibility index (Phi) is 5.14. The molecule has 128 valence electrons. The van der Waals surface area contributed by atoms with Crippen molar-refractivity contribution in [3.63, 3.8) is 0 Å². The minimum absolute atomic E-state index is 0.515. The molecule has 1 saturated heterocycles. The normalized spacial score (nSPS) is 16.9. The summed E-state index contributed by atoms with van der Waals surface area (Å²) in [6.45, 7) is 1.89. The molecule has 2 nitrogen and oxygen atoms in total. The van der Waals surface area contributed by atoms with Gasteiger partial charge < -0.3 is 10.1 Å². The maximum atomic E-state index is 5.89. The van der Waals surface area contributed by atoms with Crippen molar-refractivity contribution in [1.82, 2.24) is 5.32 Å². The molecule has 3 heteroatoms. The molecule has 0 spiro atoms. The van der Waals surface area contributed by atoms with Crippen molar-refractivity contribution in [3.8, 4) is 16.2 Å². The minimum Gasteiger partial charge on any atom is -0.492 e. The SMILES string of the molecule is c1csc(-c2ccc(Cc3ccc(OC[C@H]4CCCN4)cc3)cc2)c1. The van der Waals surface area contributed by atoms with Crippen molar-refractivity contribution in [3.05, 3.63) is 77.2 Å². The average molecular weight is 349 g/mol. The fourth-order valence-corrected chi connectivity index (χ4v) is 4.00. The van der Waals surface area contributed by atoms with Crippen LogP contribution in [0.15, 0.2) is 66.0 Å². The first-order chi connectivity index (χ1) is 12.4. The first-order valence-corrected chi connectivity index (χ1v) is 9.83. The third kappa shape index (κ3) is 4.30. The van der Waals surface area contributed by atoms with Crippen molar-refractivity contribution >= 4 is 11.3 Å². The number of rotatable bonds is 6. The molecule has 2 heterocycles. The van der Waals surface area contributed by atoms with Gasteiger partial charge in [0.25, 0.3) is 0 Å². The molecule has 2 aromatic carbocycles. The van der Waals surface area contributed by atoms with Gasteiger partial charge in [0.2, 0.25) is 0 Å². The molecule has 0 unspecified atom stereocenters. The lowest BCUT2D eigenvalue weighted by atomic mass is 10.0. The molecule has 1 atom stereocenters. The summed E-state index contributed by atoms with van der Waals surface area (Å²) in [4.78, 5) is 1.32. The van der Waals surface area contributed by atoms with Crippen LogP contribution in [0.4, 0.5) is 0 Å². The molecule has 1 aliphatic heterocycles. The van der Waals surface area contributed by atoms with Crippen LogP contribution >= 0.6 is 11.3 Å². The predicted molar refractivity (Wildman–Crippen MR) is 106 cm³/mol. The van der Waals surface area contributed by atoms with Gasteiger partial charge in [-0.25, -0.2) is 0 Å². The Morgan fingerprint density at radius 2 is 1.72 bits per heavy atom. The molecule has 0 bridgehead atoms. The van der Waals surface area contributed by atoms with Crippen LogP contribution in [-0.2, 0) is 6.42 Å². The summed E-state index contributed by atoms with van der Waals surface area (Å²) in [5.41, 5.74) is 3.95. The second-order valence-corrected chi connectivity index (χ2v) is 7.55. The largest absolute Gasteiger partial charge is 0.492 e. The maximum absolute atomic E-state index is 5.89. The molecule has 1 N–H and O–H groups in total. The number of thiophene rings is 1. The van der Waals surface area contributed by atoms with Crippen molar-refractivity contribution in [2.45, 2.75) is 25.3 Å². The van der Waals surface area contributed by atoms with E-state index >= 15 is 0 Å². The summed E-state index contributed by atoms with van der Waals surface area (Å²) in [6.07, 6.45) is 3.44. The van der Waals surface area contributed by atoms with Crippen LogP contribution in [0.5, 0.6) is 5.75 Å². The van der Waals surface area contributed by atoms with E-state index in [1.165, 1.54) is 34.4 Å². The standard InChI is InChI=1S/C22H23NOS/c1-3-20(23-13-1)16-24-21-11-7-18(8-12-21)15-17-5-9-19(10-6-17)22-4-2-14-25-22/h2,4-12,14,20,23H,1,3,13,15-16H2/t20-/m1/s1. The molecule has 1 aliphatic rings. The van der Waals surface area contributed by atoms with Gasteiger partial charge in [0.05, 0.1) is 0 Å². The summed E-state index contributed by atoms with van der Waals surface area (Å²) in [6, 6.07) is 22.2. The van der Waals surface area contributed by atoms with Crippen LogP contribution in [0.3, 0.4) is 0 Å². The Balaban J connectivity index is 1.34. The molecule has 0 radical (unpaired) electrons. The van der Waals surface area contributed by atoms with Crippen LogP contribution in [-0.4, -0.2) is 19.2 Å². The van der Waals surface area contributed by atoms with Gasteiger partial charge in [0, 0.05) is 10.9 Å². The van der Waals surface area contributed by atoms with E-state index < -0.39 is 0 Å². The molecule has 0 saturated carbocycles. The number of hydrogen-bond acceptors (Lipinski definition) is 3. The van der Waals surface area contributed by atoms with Crippen molar-refractivity contribution in [2.75, 3.05) is 13.2 Å². The number of hydrogen-bond donors (Lipinski definition) is 1. The molecule has 4 rings (SSSR count). The second-order valence-electron chi connectivity index (χ2n) is 6.60. The zero-order chi connectivity index (χ0) is 16.9. The topological polar surface area (TPSA) is 21.3 Å². The molecule has 25 heavy (non-hydrogen) atoms. The highest BCUT2D eigenvalue weighted by Crippen LogP contribution is 2.25. The minimum atomic E-state index is 0.515. The molecule has 0 amide bonds. The van der Waals surface area contributed by atoms with Crippen LogP contribution in [0, 0.1) is 0 Å². The van der Waals surface area contributed by atoms with Crippen LogP contribution in [0.2, 0.25) is 0 Å². The second kappa shape index (κ2) is 7.85. The molecular formula is C22H23NOS. The summed E-state index contributed by atoms with van der Waals surface area (Å²) < 4.78 is 5.89. The lowest BCUT2D eigenvalue weighted by Gasteiger charge is -2.12. The van der Waals surface area contributed by atoms with Crippen molar-refractivity contribution < 1.29 is 4.74 Å². The Morgan fingerprint density at radius 3 is 2.36 bits per heavy atom. The fourth-order valence-electron chi connectivity index (χ4n) is 3.26. The zero-order valence-electron chi connectivity index (χ0n) is 14.3. The van der Waals surface area contributed by atoms with E-state index in [0.717, 1.165) is 25.3 Å². The third-order valence-corrected chi connectivity index (χ3v) is 5.62. The van der Waals surface area contributed by atoms with E-state index in [-0.39, 0.29) is 0 Å². The summed E-state index contributed by atoms with van der Waals surface area (Å²) in [5.74, 6) is 0.963. The third-order valence-electron chi connectivity index (χ3n) is 4.70. The van der Waals surface area contributed by atoms with Gasteiger partial charge in [-0.2, -0.15) is 0 Å².